The van der Waals surface area contributed by atoms with Crippen LogP contribution >= 0.6 is 0 Å². The Morgan fingerprint density at radius 3 is 2.59 bits per heavy atom. The third-order valence-electron chi connectivity index (χ3n) is 5.32. The maximum Gasteiger partial charge on any atom is 0.159 e. The highest BCUT2D eigenvalue weighted by atomic mass is 19.2. The third kappa shape index (κ3) is 4.16. The first kappa shape index (κ1) is 20.6. The van der Waals surface area contributed by atoms with E-state index in [1.165, 1.54) is 6.07 Å². The highest BCUT2D eigenvalue weighted by molar-refractivity contribution is 5.37. The van der Waals surface area contributed by atoms with E-state index in [0.717, 1.165) is 29.3 Å². The number of hydrogen-bond acceptors (Lipinski definition) is 4. The average molecular weight is 396 g/mol. The number of rotatable bonds is 7. The van der Waals surface area contributed by atoms with Gasteiger partial charge in [0.05, 0.1) is 11.9 Å². The zero-order valence-electron chi connectivity index (χ0n) is 16.8. The van der Waals surface area contributed by atoms with Gasteiger partial charge in [-0.3, -0.25) is 0 Å². The van der Waals surface area contributed by atoms with Gasteiger partial charge in [0, 0.05) is 23.9 Å². The summed E-state index contributed by atoms with van der Waals surface area (Å²) in [5, 5.41) is 3.26. The molecule has 2 heterocycles. The Kier molecular flexibility index (Phi) is 5.73. The van der Waals surface area contributed by atoms with Crippen LogP contribution in [0.2, 0.25) is 0 Å². The molecule has 4 nitrogen and oxygen atoms in total. The summed E-state index contributed by atoms with van der Waals surface area (Å²) in [7, 11) is 0. The lowest BCUT2D eigenvalue weighted by molar-refractivity contribution is 0.139. The molecule has 0 saturated carbocycles. The third-order valence-corrected chi connectivity index (χ3v) is 5.32. The fraction of sp³-hybridized carbons (Fsp3) is 0.261. The lowest BCUT2D eigenvalue weighted by atomic mass is 9.77. The molecule has 29 heavy (non-hydrogen) atoms. The van der Waals surface area contributed by atoms with Crippen LogP contribution in [0.4, 0.5) is 14.6 Å². The molecule has 1 aliphatic rings. The molecule has 1 aliphatic heterocycles. The zero-order chi connectivity index (χ0) is 21.3. The van der Waals surface area contributed by atoms with Crippen LogP contribution in [0.15, 0.2) is 73.4 Å². The summed E-state index contributed by atoms with van der Waals surface area (Å²) in [5.41, 5.74) is 9.42. The Hall–Kier alpha value is -3.15. The molecular formula is C23H26F2N4. The Labute approximate surface area is 170 Å². The Bertz CT molecular complexity index is 969. The monoisotopic (exact) mass is 396 g/mol. The van der Waals surface area contributed by atoms with E-state index >= 15 is 0 Å². The number of anilines is 1. The number of pyridine rings is 1. The second-order valence-corrected chi connectivity index (χ2v) is 7.54. The topological polar surface area (TPSA) is 54.2 Å². The van der Waals surface area contributed by atoms with E-state index in [0.29, 0.717) is 17.2 Å². The van der Waals surface area contributed by atoms with Crippen molar-refractivity contribution in [2.75, 3.05) is 5.73 Å². The number of nitrogen functional groups attached to an aromatic ring is 1. The smallest absolute Gasteiger partial charge is 0.159 e. The van der Waals surface area contributed by atoms with E-state index < -0.39 is 11.6 Å². The van der Waals surface area contributed by atoms with E-state index in [1.807, 2.05) is 30.9 Å². The van der Waals surface area contributed by atoms with Crippen LogP contribution in [0.5, 0.6) is 0 Å². The van der Waals surface area contributed by atoms with Crippen LogP contribution in [0, 0.1) is 17.6 Å². The highest BCUT2D eigenvalue weighted by Gasteiger charge is 2.44. The van der Waals surface area contributed by atoms with E-state index in [1.54, 1.807) is 12.3 Å². The van der Waals surface area contributed by atoms with Crippen molar-refractivity contribution in [3.05, 3.63) is 96.1 Å². The van der Waals surface area contributed by atoms with Crippen molar-refractivity contribution >= 4 is 5.82 Å². The molecule has 2 aromatic rings. The number of halogens is 2. The largest absolute Gasteiger partial charge is 0.384 e. The van der Waals surface area contributed by atoms with Crippen LogP contribution in [0.3, 0.4) is 0 Å². The first-order chi connectivity index (χ1) is 13.7. The van der Waals surface area contributed by atoms with Gasteiger partial charge < -0.3 is 16.0 Å². The van der Waals surface area contributed by atoms with Gasteiger partial charge in [-0.2, -0.15) is 0 Å². The van der Waals surface area contributed by atoms with Gasteiger partial charge in [0.15, 0.2) is 11.6 Å². The molecule has 1 fully saturated rings. The Balaban J connectivity index is 1.72. The van der Waals surface area contributed by atoms with Crippen molar-refractivity contribution in [2.24, 2.45) is 5.92 Å². The molecule has 0 aliphatic carbocycles. The maximum atomic E-state index is 13.6. The standard InChI is InChI=1S/C23H26F2N4/c1-13(2)23-19(10-17-8-9-27-22(26)11-17)15(4)29(23)16(5)28-14(3)18-6-7-20(24)21(25)12-18/h6-9,11-12,14,19,23,28H,1,4-5,10H2,2-3H3,(H2,26,27)/t14-,19+,23-/m1/s1. The molecule has 0 unspecified atom stereocenters. The number of nitrogens with zero attached hydrogens (tertiary/aromatic N) is 2. The van der Waals surface area contributed by atoms with Crippen LogP contribution in [0.25, 0.3) is 0 Å². The molecule has 1 aromatic carbocycles. The van der Waals surface area contributed by atoms with Gasteiger partial charge in [-0.15, -0.1) is 0 Å². The normalized spacial score (nSPS) is 19.4. The highest BCUT2D eigenvalue weighted by Crippen LogP contribution is 2.43. The predicted octanol–water partition coefficient (Wildman–Crippen LogP) is 4.70. The fourth-order valence-electron chi connectivity index (χ4n) is 3.83. The summed E-state index contributed by atoms with van der Waals surface area (Å²) < 4.78 is 26.8. The molecule has 152 valence electrons. The van der Waals surface area contributed by atoms with E-state index in [-0.39, 0.29) is 18.0 Å². The fourth-order valence-corrected chi connectivity index (χ4v) is 3.83. The minimum Gasteiger partial charge on any atom is -0.384 e. The molecule has 3 atom stereocenters. The molecule has 0 bridgehead atoms. The van der Waals surface area contributed by atoms with Crippen molar-refractivity contribution < 1.29 is 8.78 Å². The molecule has 6 heteroatoms. The zero-order valence-corrected chi connectivity index (χ0v) is 16.8. The lowest BCUT2D eigenvalue weighted by Gasteiger charge is -2.53. The minimum atomic E-state index is -0.869. The van der Waals surface area contributed by atoms with Gasteiger partial charge in [0.1, 0.15) is 5.82 Å². The van der Waals surface area contributed by atoms with Gasteiger partial charge in [-0.05, 0) is 55.7 Å². The summed E-state index contributed by atoms with van der Waals surface area (Å²) in [5.74, 6) is -0.427. The number of nitrogens with one attached hydrogen (secondary N) is 1. The van der Waals surface area contributed by atoms with Crippen LogP contribution in [-0.4, -0.2) is 15.9 Å². The van der Waals surface area contributed by atoms with Gasteiger partial charge in [-0.25, -0.2) is 13.8 Å². The summed E-state index contributed by atoms with van der Waals surface area (Å²) in [6.45, 7) is 16.3. The molecule has 3 rings (SSSR count). The Morgan fingerprint density at radius 1 is 1.24 bits per heavy atom. The van der Waals surface area contributed by atoms with Crippen molar-refractivity contribution in [2.45, 2.75) is 32.4 Å². The number of nitrogens with two attached hydrogens (primary N) is 1. The van der Waals surface area contributed by atoms with Crippen LogP contribution < -0.4 is 11.1 Å². The number of hydrogen-bond donors (Lipinski definition) is 2. The number of likely N-dealkylation sites (tertiary alicyclic amines) is 1. The van der Waals surface area contributed by atoms with E-state index in [9.17, 15) is 8.78 Å². The summed E-state index contributed by atoms with van der Waals surface area (Å²) in [6, 6.07) is 7.47. The lowest BCUT2D eigenvalue weighted by Crippen LogP contribution is -2.56. The van der Waals surface area contributed by atoms with Crippen molar-refractivity contribution in [1.29, 1.82) is 0 Å². The van der Waals surface area contributed by atoms with Crippen LogP contribution in [0.1, 0.15) is 31.0 Å². The molecular weight excluding hydrogens is 370 g/mol. The summed E-state index contributed by atoms with van der Waals surface area (Å²) in [4.78, 5) is 6.04. The second kappa shape index (κ2) is 8.07. The van der Waals surface area contributed by atoms with Gasteiger partial charge >= 0.3 is 0 Å². The maximum absolute atomic E-state index is 13.6. The van der Waals surface area contributed by atoms with Gasteiger partial charge in [-0.1, -0.05) is 31.4 Å². The van der Waals surface area contributed by atoms with Crippen LogP contribution in [-0.2, 0) is 6.42 Å². The van der Waals surface area contributed by atoms with E-state index in [2.05, 4.69) is 30.0 Å². The molecule has 1 aromatic heterocycles. The molecule has 3 N–H and O–H groups in total. The molecule has 0 radical (unpaired) electrons. The SMILES string of the molecule is C=C(C)[C@@H]1[C@@H](Cc2ccnc(N)c2)C(=C)N1C(=C)N[C@H](C)c1ccc(F)c(F)c1. The van der Waals surface area contributed by atoms with Crippen molar-refractivity contribution in [3.8, 4) is 0 Å². The minimum absolute atomic E-state index is 0.0362. The molecule has 1 saturated heterocycles. The number of aromatic nitrogens is 1. The first-order valence-electron chi connectivity index (χ1n) is 9.43. The number of benzene rings is 1. The predicted molar refractivity (Wildman–Crippen MR) is 112 cm³/mol. The van der Waals surface area contributed by atoms with Gasteiger partial charge in [0.2, 0.25) is 0 Å². The quantitative estimate of drug-likeness (QED) is 0.667. The summed E-state index contributed by atoms with van der Waals surface area (Å²) >= 11 is 0. The van der Waals surface area contributed by atoms with Gasteiger partial charge in [0.25, 0.3) is 0 Å². The van der Waals surface area contributed by atoms with Crippen molar-refractivity contribution in [3.63, 3.8) is 0 Å². The molecule has 0 spiro atoms. The summed E-state index contributed by atoms with van der Waals surface area (Å²) in [6.07, 6.45) is 2.47. The van der Waals surface area contributed by atoms with E-state index in [4.69, 9.17) is 5.73 Å². The first-order valence-corrected chi connectivity index (χ1v) is 9.43. The Morgan fingerprint density at radius 2 is 1.97 bits per heavy atom. The average Bonchev–Trinajstić information content (AvgIpc) is 2.65. The second-order valence-electron chi connectivity index (χ2n) is 7.54. The van der Waals surface area contributed by atoms with Crippen molar-refractivity contribution in [1.82, 2.24) is 15.2 Å². The molecule has 0 amide bonds.